The highest BCUT2D eigenvalue weighted by molar-refractivity contribution is 5.73. The van der Waals surface area contributed by atoms with Gasteiger partial charge in [0.05, 0.1) is 24.7 Å². The van der Waals surface area contributed by atoms with Crippen LogP contribution < -0.4 is 0 Å². The summed E-state index contributed by atoms with van der Waals surface area (Å²) in [5.74, 6) is -2.11. The number of rotatable bonds is 6. The number of hydrogen-bond donors (Lipinski definition) is 1. The maximum absolute atomic E-state index is 10.6. The van der Waals surface area contributed by atoms with Crippen LogP contribution in [0.4, 0.5) is 13.2 Å². The zero-order chi connectivity index (χ0) is 24.7. The van der Waals surface area contributed by atoms with Crippen molar-refractivity contribution in [2.24, 2.45) is 5.92 Å². The number of carboxylic acids is 1. The third-order valence-corrected chi connectivity index (χ3v) is 5.93. The van der Waals surface area contributed by atoms with Gasteiger partial charge in [-0.15, -0.1) is 0 Å². The van der Waals surface area contributed by atoms with Crippen LogP contribution in [0, 0.1) is 19.8 Å². The first kappa shape index (κ1) is 26.2. The number of carboxylic acid groups (broad SMARTS) is 1. The van der Waals surface area contributed by atoms with Gasteiger partial charge in [0.15, 0.2) is 0 Å². The summed E-state index contributed by atoms with van der Waals surface area (Å²) < 4.78 is 45.6. The van der Waals surface area contributed by atoms with E-state index in [4.69, 9.17) is 19.4 Å². The molecule has 10 heteroatoms. The lowest BCUT2D eigenvalue weighted by molar-refractivity contribution is -0.192. The van der Waals surface area contributed by atoms with Gasteiger partial charge in [-0.1, -0.05) is 29.3 Å². The van der Waals surface area contributed by atoms with Crippen molar-refractivity contribution in [2.75, 3.05) is 33.0 Å². The molecule has 3 heterocycles. The Hall–Kier alpha value is -2.43. The highest BCUT2D eigenvalue weighted by Crippen LogP contribution is 2.24. The Balaban J connectivity index is 0.000000406. The quantitative estimate of drug-likeness (QED) is 0.666. The second kappa shape index (κ2) is 11.8. The fraction of sp³-hybridized carbons (Fsp3) is 0.583. The minimum atomic E-state index is -5.08. The lowest BCUT2D eigenvalue weighted by Gasteiger charge is -2.35. The summed E-state index contributed by atoms with van der Waals surface area (Å²) in [6.45, 7) is 10.6. The topological polar surface area (TPSA) is 76.8 Å². The number of imidazole rings is 1. The van der Waals surface area contributed by atoms with Gasteiger partial charge in [-0.3, -0.25) is 4.90 Å². The number of fused-ring (bicyclic) bond motifs is 1. The molecule has 0 amide bonds. The van der Waals surface area contributed by atoms with Gasteiger partial charge >= 0.3 is 12.1 Å². The molecule has 7 nitrogen and oxygen atoms in total. The van der Waals surface area contributed by atoms with Crippen molar-refractivity contribution in [1.29, 1.82) is 0 Å². The highest BCUT2D eigenvalue weighted by Gasteiger charge is 2.38. The van der Waals surface area contributed by atoms with E-state index < -0.39 is 12.1 Å². The molecule has 2 aliphatic heterocycles. The highest BCUT2D eigenvalue weighted by atomic mass is 19.4. The third kappa shape index (κ3) is 7.82. The Kier molecular flexibility index (Phi) is 9.10. The summed E-state index contributed by atoms with van der Waals surface area (Å²) in [6, 6.07) is 7.18. The van der Waals surface area contributed by atoms with E-state index in [2.05, 4.69) is 46.5 Å². The van der Waals surface area contributed by atoms with Gasteiger partial charge in [-0.05, 0) is 38.2 Å². The zero-order valence-corrected chi connectivity index (χ0v) is 19.6. The average molecular weight is 484 g/mol. The number of hydrogen-bond acceptors (Lipinski definition) is 5. The Labute approximate surface area is 197 Å². The zero-order valence-electron chi connectivity index (χ0n) is 19.6. The molecule has 0 aliphatic carbocycles. The SMILES string of the molecule is Cc1cc(C)cc(CN2Cc3cncn3C(COCC3CCOCC3)C2)c1.O=C(O)C(F)(F)F. The molecule has 1 N–H and O–H groups in total. The molecule has 0 spiro atoms. The molecule has 0 radical (unpaired) electrons. The van der Waals surface area contributed by atoms with Crippen LogP contribution in [0.15, 0.2) is 30.7 Å². The molecule has 1 saturated heterocycles. The van der Waals surface area contributed by atoms with Crippen molar-refractivity contribution in [3.05, 3.63) is 53.1 Å². The smallest absolute Gasteiger partial charge is 0.475 e. The molecule has 2 aromatic rings. The normalized spacial score (nSPS) is 19.3. The van der Waals surface area contributed by atoms with Crippen LogP contribution in [-0.4, -0.2) is 64.7 Å². The van der Waals surface area contributed by atoms with Crippen LogP contribution in [0.3, 0.4) is 0 Å². The summed E-state index contributed by atoms with van der Waals surface area (Å²) >= 11 is 0. The fourth-order valence-electron chi connectivity index (χ4n) is 4.42. The molecule has 0 bridgehead atoms. The van der Waals surface area contributed by atoms with Gasteiger partial charge in [0, 0.05) is 45.7 Å². The number of ether oxygens (including phenoxy) is 2. The first-order valence-corrected chi connectivity index (χ1v) is 11.4. The number of alkyl halides is 3. The van der Waals surface area contributed by atoms with Crippen molar-refractivity contribution < 1.29 is 32.5 Å². The Morgan fingerprint density at radius 3 is 2.44 bits per heavy atom. The van der Waals surface area contributed by atoms with Crippen LogP contribution in [0.2, 0.25) is 0 Å². The number of benzene rings is 1. The van der Waals surface area contributed by atoms with Crippen LogP contribution >= 0.6 is 0 Å². The minimum Gasteiger partial charge on any atom is -0.475 e. The second-order valence-corrected chi connectivity index (χ2v) is 9.01. The Bertz CT molecular complexity index is 922. The van der Waals surface area contributed by atoms with E-state index in [1.54, 1.807) is 0 Å². The summed E-state index contributed by atoms with van der Waals surface area (Å²) in [5.41, 5.74) is 5.35. The van der Waals surface area contributed by atoms with E-state index in [0.717, 1.165) is 58.9 Å². The molecule has 1 unspecified atom stereocenters. The first-order valence-electron chi connectivity index (χ1n) is 11.4. The van der Waals surface area contributed by atoms with Crippen LogP contribution in [-0.2, 0) is 27.4 Å². The van der Waals surface area contributed by atoms with Gasteiger partial charge in [-0.2, -0.15) is 13.2 Å². The number of nitrogens with zero attached hydrogens (tertiary/aromatic N) is 3. The molecule has 2 aliphatic rings. The van der Waals surface area contributed by atoms with Gasteiger partial charge in [0.25, 0.3) is 0 Å². The number of aromatic nitrogens is 2. The van der Waals surface area contributed by atoms with Gasteiger partial charge < -0.3 is 19.1 Å². The predicted octanol–water partition coefficient (Wildman–Crippen LogP) is 4.13. The molecular weight excluding hydrogens is 451 g/mol. The fourth-order valence-corrected chi connectivity index (χ4v) is 4.42. The first-order chi connectivity index (χ1) is 16.1. The molecular formula is C24H32F3N3O4. The van der Waals surface area contributed by atoms with Crippen LogP contribution in [0.25, 0.3) is 0 Å². The lowest BCUT2D eigenvalue weighted by atomic mass is 10.0. The molecule has 1 atom stereocenters. The molecule has 1 aromatic carbocycles. The summed E-state index contributed by atoms with van der Waals surface area (Å²) in [5, 5.41) is 7.12. The van der Waals surface area contributed by atoms with Crippen molar-refractivity contribution in [3.63, 3.8) is 0 Å². The Morgan fingerprint density at radius 2 is 1.82 bits per heavy atom. The van der Waals surface area contributed by atoms with Crippen molar-refractivity contribution in [1.82, 2.24) is 14.5 Å². The van der Waals surface area contributed by atoms with E-state index in [1.165, 1.54) is 22.4 Å². The minimum absolute atomic E-state index is 0.335. The van der Waals surface area contributed by atoms with E-state index in [-0.39, 0.29) is 0 Å². The van der Waals surface area contributed by atoms with E-state index >= 15 is 0 Å². The van der Waals surface area contributed by atoms with Gasteiger partial charge in [-0.25, -0.2) is 9.78 Å². The molecule has 34 heavy (non-hydrogen) atoms. The summed E-state index contributed by atoms with van der Waals surface area (Å²) in [4.78, 5) is 15.8. The number of halogens is 3. The molecule has 4 rings (SSSR count). The molecule has 1 aromatic heterocycles. The lowest BCUT2D eigenvalue weighted by Crippen LogP contribution is -2.38. The van der Waals surface area contributed by atoms with Crippen molar-refractivity contribution >= 4 is 5.97 Å². The third-order valence-electron chi connectivity index (χ3n) is 5.93. The number of aliphatic carboxylic acids is 1. The number of aryl methyl sites for hydroxylation is 2. The summed E-state index contributed by atoms with van der Waals surface area (Å²) in [7, 11) is 0. The Morgan fingerprint density at radius 1 is 1.18 bits per heavy atom. The predicted molar refractivity (Wildman–Crippen MR) is 119 cm³/mol. The molecule has 188 valence electrons. The van der Waals surface area contributed by atoms with Crippen LogP contribution in [0.5, 0.6) is 0 Å². The molecule has 1 fully saturated rings. The monoisotopic (exact) mass is 483 g/mol. The maximum atomic E-state index is 10.6. The van der Waals surface area contributed by atoms with Gasteiger partial charge in [0.2, 0.25) is 0 Å². The van der Waals surface area contributed by atoms with Crippen molar-refractivity contribution in [2.45, 2.75) is 52.0 Å². The molecule has 0 saturated carbocycles. The van der Waals surface area contributed by atoms with E-state index in [9.17, 15) is 13.2 Å². The van der Waals surface area contributed by atoms with Gasteiger partial charge in [0.1, 0.15) is 0 Å². The maximum Gasteiger partial charge on any atom is 0.490 e. The standard InChI is InChI=1S/C22H31N3O2.C2HF3O2/c1-17-7-18(2)9-20(8-17)11-24-12-21-10-23-16-25(21)22(13-24)15-27-14-19-3-5-26-6-4-19;3-2(4,5)1(6)7/h7-10,16,19,22H,3-6,11-15H2,1-2H3;(H,6,7). The van der Waals surface area contributed by atoms with E-state index in [0.29, 0.717) is 12.0 Å². The van der Waals surface area contributed by atoms with Crippen LogP contribution in [0.1, 0.15) is 41.3 Å². The largest absolute Gasteiger partial charge is 0.490 e. The number of carbonyl (C=O) groups is 1. The summed E-state index contributed by atoms with van der Waals surface area (Å²) in [6.07, 6.45) is 1.13. The van der Waals surface area contributed by atoms with Crippen molar-refractivity contribution in [3.8, 4) is 0 Å². The van der Waals surface area contributed by atoms with E-state index in [1.807, 2.05) is 12.5 Å². The second-order valence-electron chi connectivity index (χ2n) is 9.01. The average Bonchev–Trinajstić information content (AvgIpc) is 3.22.